The Kier molecular flexibility index (Phi) is 3.81. The fourth-order valence-corrected chi connectivity index (χ4v) is 2.31. The number of carbonyl (C=O) groups is 1. The summed E-state index contributed by atoms with van der Waals surface area (Å²) in [5, 5.41) is 3.30. The molecule has 1 aromatic carbocycles. The number of nitrogens with zero attached hydrogens (tertiary/aromatic N) is 1. The highest BCUT2D eigenvalue weighted by atomic mass is 19.1. The Balaban J connectivity index is 2.19. The molecule has 98 valence electrons. The molecule has 18 heavy (non-hydrogen) atoms. The molecular formula is C13H18FN3O. The van der Waals surface area contributed by atoms with Crippen LogP contribution < -0.4 is 16.0 Å². The first-order valence-electron chi connectivity index (χ1n) is 6.12. The van der Waals surface area contributed by atoms with E-state index in [1.807, 2.05) is 11.9 Å². The molecule has 1 fully saturated rings. The SMILES string of the molecule is CN(c1ccc(C(N)=O)cc1F)C1CCCNC1. The Hall–Kier alpha value is -1.62. The molecule has 3 N–H and O–H groups in total. The van der Waals surface area contributed by atoms with Crippen LogP contribution in [0.2, 0.25) is 0 Å². The molecule has 1 unspecified atom stereocenters. The van der Waals surface area contributed by atoms with E-state index in [1.165, 1.54) is 6.07 Å². The van der Waals surface area contributed by atoms with Crippen molar-refractivity contribution in [3.05, 3.63) is 29.6 Å². The summed E-state index contributed by atoms with van der Waals surface area (Å²) in [6, 6.07) is 4.66. The van der Waals surface area contributed by atoms with Crippen LogP contribution in [0.5, 0.6) is 0 Å². The summed E-state index contributed by atoms with van der Waals surface area (Å²) < 4.78 is 13.9. The van der Waals surface area contributed by atoms with Gasteiger partial charge in [-0.1, -0.05) is 0 Å². The number of primary amides is 1. The van der Waals surface area contributed by atoms with Gasteiger partial charge < -0.3 is 16.0 Å². The number of nitrogens with one attached hydrogen (secondary N) is 1. The quantitative estimate of drug-likeness (QED) is 0.846. The van der Waals surface area contributed by atoms with Gasteiger partial charge in [0, 0.05) is 25.2 Å². The van der Waals surface area contributed by atoms with Gasteiger partial charge in [-0.25, -0.2) is 4.39 Å². The van der Waals surface area contributed by atoms with E-state index in [-0.39, 0.29) is 11.6 Å². The minimum absolute atomic E-state index is 0.200. The number of hydrogen-bond acceptors (Lipinski definition) is 3. The van der Waals surface area contributed by atoms with E-state index >= 15 is 0 Å². The fraction of sp³-hybridized carbons (Fsp3) is 0.462. The van der Waals surface area contributed by atoms with Gasteiger partial charge in [-0.2, -0.15) is 0 Å². The highest BCUT2D eigenvalue weighted by Crippen LogP contribution is 2.23. The van der Waals surface area contributed by atoms with Crippen LogP contribution in [0.4, 0.5) is 10.1 Å². The summed E-state index contributed by atoms with van der Waals surface area (Å²) >= 11 is 0. The van der Waals surface area contributed by atoms with E-state index in [0.29, 0.717) is 5.69 Å². The highest BCUT2D eigenvalue weighted by Gasteiger charge is 2.20. The van der Waals surface area contributed by atoms with Crippen molar-refractivity contribution in [2.24, 2.45) is 5.73 Å². The molecule has 5 heteroatoms. The van der Waals surface area contributed by atoms with Crippen molar-refractivity contribution in [2.75, 3.05) is 25.0 Å². The first kappa shape index (κ1) is 12.8. The number of halogens is 1. The minimum Gasteiger partial charge on any atom is -0.368 e. The summed E-state index contributed by atoms with van der Waals surface area (Å²) in [6.07, 6.45) is 2.14. The molecule has 1 aliphatic rings. The minimum atomic E-state index is -0.609. The zero-order valence-corrected chi connectivity index (χ0v) is 10.4. The van der Waals surface area contributed by atoms with Crippen LogP contribution in [-0.4, -0.2) is 32.1 Å². The van der Waals surface area contributed by atoms with Crippen LogP contribution in [0, 0.1) is 5.82 Å². The van der Waals surface area contributed by atoms with E-state index in [2.05, 4.69) is 5.32 Å². The summed E-state index contributed by atoms with van der Waals surface area (Å²) in [4.78, 5) is 12.9. The molecular weight excluding hydrogens is 233 g/mol. The van der Waals surface area contributed by atoms with Crippen LogP contribution in [0.25, 0.3) is 0 Å². The number of anilines is 1. The van der Waals surface area contributed by atoms with Gasteiger partial charge in [0.25, 0.3) is 0 Å². The average Bonchev–Trinajstić information content (AvgIpc) is 2.38. The smallest absolute Gasteiger partial charge is 0.248 e. The van der Waals surface area contributed by atoms with E-state index in [0.717, 1.165) is 25.9 Å². The lowest BCUT2D eigenvalue weighted by molar-refractivity contribution is 0.1000. The van der Waals surface area contributed by atoms with Gasteiger partial charge in [0.15, 0.2) is 0 Å². The molecule has 0 spiro atoms. The lowest BCUT2D eigenvalue weighted by atomic mass is 10.1. The molecule has 1 saturated heterocycles. The van der Waals surface area contributed by atoms with Crippen molar-refractivity contribution >= 4 is 11.6 Å². The molecule has 2 rings (SSSR count). The average molecular weight is 251 g/mol. The number of hydrogen-bond donors (Lipinski definition) is 2. The Labute approximate surface area is 106 Å². The molecule has 0 bridgehead atoms. The lowest BCUT2D eigenvalue weighted by Gasteiger charge is -2.33. The zero-order valence-electron chi connectivity index (χ0n) is 10.4. The van der Waals surface area contributed by atoms with E-state index in [4.69, 9.17) is 5.73 Å². The zero-order chi connectivity index (χ0) is 13.1. The van der Waals surface area contributed by atoms with Gasteiger partial charge in [-0.05, 0) is 37.6 Å². The molecule has 1 heterocycles. The van der Waals surface area contributed by atoms with Crippen LogP contribution in [0.3, 0.4) is 0 Å². The maximum Gasteiger partial charge on any atom is 0.248 e. The number of piperidine rings is 1. The monoisotopic (exact) mass is 251 g/mol. The molecule has 1 amide bonds. The predicted molar refractivity (Wildman–Crippen MR) is 69.2 cm³/mol. The molecule has 0 saturated carbocycles. The van der Waals surface area contributed by atoms with Crippen molar-refractivity contribution < 1.29 is 9.18 Å². The second-order valence-electron chi connectivity index (χ2n) is 4.64. The van der Waals surface area contributed by atoms with Gasteiger partial charge in [0.1, 0.15) is 5.82 Å². The maximum atomic E-state index is 13.9. The van der Waals surface area contributed by atoms with E-state index < -0.39 is 11.7 Å². The number of amides is 1. The van der Waals surface area contributed by atoms with Crippen molar-refractivity contribution in [3.8, 4) is 0 Å². The fourth-order valence-electron chi connectivity index (χ4n) is 2.31. The third kappa shape index (κ3) is 2.61. The molecule has 1 atom stereocenters. The molecule has 1 aliphatic heterocycles. The number of rotatable bonds is 3. The number of nitrogens with two attached hydrogens (primary N) is 1. The Morgan fingerprint density at radius 2 is 2.33 bits per heavy atom. The largest absolute Gasteiger partial charge is 0.368 e. The second kappa shape index (κ2) is 5.35. The Morgan fingerprint density at radius 3 is 2.89 bits per heavy atom. The Bertz CT molecular complexity index is 444. The van der Waals surface area contributed by atoms with Crippen molar-refractivity contribution in [1.82, 2.24) is 5.32 Å². The van der Waals surface area contributed by atoms with Gasteiger partial charge >= 0.3 is 0 Å². The molecule has 0 aliphatic carbocycles. The summed E-state index contributed by atoms with van der Waals surface area (Å²) in [5.74, 6) is -1.01. The Morgan fingerprint density at radius 1 is 1.56 bits per heavy atom. The highest BCUT2D eigenvalue weighted by molar-refractivity contribution is 5.93. The lowest BCUT2D eigenvalue weighted by Crippen LogP contribution is -2.44. The van der Waals surface area contributed by atoms with Crippen molar-refractivity contribution in [2.45, 2.75) is 18.9 Å². The molecule has 4 nitrogen and oxygen atoms in total. The van der Waals surface area contributed by atoms with E-state index in [1.54, 1.807) is 12.1 Å². The number of carbonyl (C=O) groups excluding carboxylic acids is 1. The summed E-state index contributed by atoms with van der Waals surface area (Å²) in [5.41, 5.74) is 5.83. The normalized spacial score (nSPS) is 19.6. The molecule has 0 aromatic heterocycles. The van der Waals surface area contributed by atoms with Gasteiger partial charge in [-0.3, -0.25) is 4.79 Å². The number of benzene rings is 1. The second-order valence-corrected chi connectivity index (χ2v) is 4.64. The van der Waals surface area contributed by atoms with Gasteiger partial charge in [-0.15, -0.1) is 0 Å². The predicted octanol–water partition coefficient (Wildman–Crippen LogP) is 1.11. The van der Waals surface area contributed by atoms with Crippen molar-refractivity contribution in [3.63, 3.8) is 0 Å². The first-order valence-corrected chi connectivity index (χ1v) is 6.12. The van der Waals surface area contributed by atoms with Crippen molar-refractivity contribution in [1.29, 1.82) is 0 Å². The third-order valence-corrected chi connectivity index (χ3v) is 3.43. The van der Waals surface area contributed by atoms with Crippen LogP contribution in [0.1, 0.15) is 23.2 Å². The van der Waals surface area contributed by atoms with Gasteiger partial charge in [0.05, 0.1) is 5.69 Å². The standard InChI is InChI=1S/C13H18FN3O/c1-17(10-3-2-6-16-8-10)12-5-4-9(13(15)18)7-11(12)14/h4-5,7,10,16H,2-3,6,8H2,1H3,(H2,15,18). The van der Waals surface area contributed by atoms with Crippen LogP contribution in [-0.2, 0) is 0 Å². The van der Waals surface area contributed by atoms with Crippen LogP contribution in [0.15, 0.2) is 18.2 Å². The number of likely N-dealkylation sites (N-methyl/N-ethyl adjacent to an activating group) is 1. The molecule has 0 radical (unpaired) electrons. The summed E-state index contributed by atoms with van der Waals surface area (Å²) in [7, 11) is 1.88. The van der Waals surface area contributed by atoms with Gasteiger partial charge in [0.2, 0.25) is 5.91 Å². The first-order chi connectivity index (χ1) is 8.59. The third-order valence-electron chi connectivity index (χ3n) is 3.43. The maximum absolute atomic E-state index is 13.9. The molecule has 1 aromatic rings. The topological polar surface area (TPSA) is 58.4 Å². The van der Waals surface area contributed by atoms with E-state index in [9.17, 15) is 9.18 Å². The van der Waals surface area contributed by atoms with Crippen LogP contribution >= 0.6 is 0 Å². The summed E-state index contributed by atoms with van der Waals surface area (Å²) in [6.45, 7) is 1.88.